The van der Waals surface area contributed by atoms with Crippen LogP contribution in [0.25, 0.3) is 11.5 Å². The number of benzene rings is 2. The van der Waals surface area contributed by atoms with E-state index in [9.17, 15) is 0 Å². The Morgan fingerprint density at radius 3 is 2.73 bits per heavy atom. The zero-order valence-electron chi connectivity index (χ0n) is 15.1. The van der Waals surface area contributed by atoms with Gasteiger partial charge in [0.1, 0.15) is 0 Å². The van der Waals surface area contributed by atoms with Crippen molar-refractivity contribution in [3.05, 3.63) is 71.6 Å². The molecule has 1 aromatic heterocycles. The van der Waals surface area contributed by atoms with E-state index in [2.05, 4.69) is 53.2 Å². The molecule has 1 aliphatic rings. The monoisotopic (exact) mass is 349 g/mol. The van der Waals surface area contributed by atoms with E-state index in [1.165, 1.54) is 11.1 Å². The van der Waals surface area contributed by atoms with Gasteiger partial charge in [-0.25, -0.2) is 0 Å². The van der Waals surface area contributed by atoms with E-state index in [1.54, 1.807) is 0 Å². The van der Waals surface area contributed by atoms with Gasteiger partial charge < -0.3 is 9.15 Å². The molecule has 0 unspecified atom stereocenters. The normalized spacial score (nSPS) is 19.4. The third-order valence-corrected chi connectivity index (χ3v) is 4.88. The number of ether oxygens (including phenoxy) is 1. The number of morpholine rings is 1. The molecule has 1 saturated heterocycles. The molecule has 0 saturated carbocycles. The number of rotatable bonds is 4. The maximum absolute atomic E-state index is 5.98. The van der Waals surface area contributed by atoms with Crippen LogP contribution in [0.2, 0.25) is 0 Å². The van der Waals surface area contributed by atoms with E-state index in [0.29, 0.717) is 18.4 Å². The predicted octanol–water partition coefficient (Wildman–Crippen LogP) is 4.18. The highest BCUT2D eigenvalue weighted by atomic mass is 16.5. The van der Waals surface area contributed by atoms with Gasteiger partial charge in [0.2, 0.25) is 11.8 Å². The van der Waals surface area contributed by atoms with Crippen molar-refractivity contribution in [2.24, 2.45) is 0 Å². The summed E-state index contributed by atoms with van der Waals surface area (Å²) in [6, 6.07) is 18.5. The number of nitrogens with zero attached hydrogens (tertiary/aromatic N) is 3. The molecule has 4 rings (SSSR count). The first-order chi connectivity index (χ1) is 12.7. The lowest BCUT2D eigenvalue weighted by Gasteiger charge is -2.35. The maximum Gasteiger partial charge on any atom is 0.247 e. The van der Waals surface area contributed by atoms with Crippen LogP contribution in [0.3, 0.4) is 0 Å². The van der Waals surface area contributed by atoms with Crippen LogP contribution in [0.5, 0.6) is 0 Å². The topological polar surface area (TPSA) is 51.4 Å². The SMILES string of the molecule is Cc1cccc(-c2nnc([C@H](C)N3CCO[C@H](c4ccccc4)C3)o2)c1. The Bertz CT molecular complexity index is 862. The molecule has 0 amide bonds. The molecule has 2 aromatic carbocycles. The summed E-state index contributed by atoms with van der Waals surface area (Å²) in [5.74, 6) is 1.22. The van der Waals surface area contributed by atoms with Crippen molar-refractivity contribution in [1.29, 1.82) is 0 Å². The summed E-state index contributed by atoms with van der Waals surface area (Å²) in [6.07, 6.45) is 0.0755. The van der Waals surface area contributed by atoms with Crippen LogP contribution < -0.4 is 0 Å². The lowest BCUT2D eigenvalue weighted by molar-refractivity contribution is -0.0463. The molecule has 0 bridgehead atoms. The lowest BCUT2D eigenvalue weighted by atomic mass is 10.1. The molecule has 0 spiro atoms. The molecular weight excluding hydrogens is 326 g/mol. The highest BCUT2D eigenvalue weighted by Gasteiger charge is 2.28. The Morgan fingerprint density at radius 2 is 1.92 bits per heavy atom. The molecular formula is C21H23N3O2. The number of aryl methyl sites for hydroxylation is 1. The standard InChI is InChI=1S/C21H23N3O2/c1-15-7-6-10-18(13-15)21-23-22-20(26-21)16(2)24-11-12-25-19(14-24)17-8-4-3-5-9-17/h3-10,13,16,19H,11-12,14H2,1-2H3/t16-,19-/m0/s1. The van der Waals surface area contributed by atoms with Crippen molar-refractivity contribution in [2.45, 2.75) is 26.0 Å². The van der Waals surface area contributed by atoms with Gasteiger partial charge in [-0.1, -0.05) is 48.0 Å². The summed E-state index contributed by atoms with van der Waals surface area (Å²) in [6.45, 7) is 6.53. The average Bonchev–Trinajstić information content (AvgIpc) is 3.18. The van der Waals surface area contributed by atoms with Crippen LogP contribution in [-0.2, 0) is 4.74 Å². The van der Waals surface area contributed by atoms with Crippen molar-refractivity contribution in [1.82, 2.24) is 15.1 Å². The molecule has 26 heavy (non-hydrogen) atoms. The van der Waals surface area contributed by atoms with Crippen LogP contribution in [0.1, 0.15) is 36.1 Å². The quantitative estimate of drug-likeness (QED) is 0.707. The molecule has 2 atom stereocenters. The Hall–Kier alpha value is -2.50. The van der Waals surface area contributed by atoms with Crippen LogP contribution >= 0.6 is 0 Å². The molecule has 134 valence electrons. The first-order valence-corrected chi connectivity index (χ1v) is 9.02. The van der Waals surface area contributed by atoms with Crippen LogP contribution in [-0.4, -0.2) is 34.8 Å². The average molecular weight is 349 g/mol. The Kier molecular flexibility index (Phi) is 4.82. The maximum atomic E-state index is 5.98. The zero-order valence-corrected chi connectivity index (χ0v) is 15.1. The minimum Gasteiger partial charge on any atom is -0.419 e. The first-order valence-electron chi connectivity index (χ1n) is 9.02. The van der Waals surface area contributed by atoms with Crippen LogP contribution in [0, 0.1) is 6.92 Å². The molecule has 5 nitrogen and oxygen atoms in total. The lowest BCUT2D eigenvalue weighted by Crippen LogP contribution is -2.40. The van der Waals surface area contributed by atoms with E-state index in [4.69, 9.17) is 9.15 Å². The van der Waals surface area contributed by atoms with Crippen molar-refractivity contribution >= 4 is 0 Å². The fourth-order valence-electron chi connectivity index (χ4n) is 3.34. The number of aromatic nitrogens is 2. The van der Waals surface area contributed by atoms with E-state index in [1.807, 2.05) is 30.3 Å². The number of hydrogen-bond acceptors (Lipinski definition) is 5. The molecule has 1 fully saturated rings. The van der Waals surface area contributed by atoms with Gasteiger partial charge in [0.15, 0.2) is 0 Å². The van der Waals surface area contributed by atoms with Crippen molar-refractivity contribution in [3.8, 4) is 11.5 Å². The smallest absolute Gasteiger partial charge is 0.247 e. The Morgan fingerprint density at radius 1 is 1.08 bits per heavy atom. The largest absolute Gasteiger partial charge is 0.419 e. The van der Waals surface area contributed by atoms with Gasteiger partial charge in [-0.05, 0) is 31.5 Å². The predicted molar refractivity (Wildman–Crippen MR) is 99.6 cm³/mol. The molecule has 3 aromatic rings. The summed E-state index contributed by atoms with van der Waals surface area (Å²) < 4.78 is 11.9. The van der Waals surface area contributed by atoms with Crippen molar-refractivity contribution in [2.75, 3.05) is 19.7 Å². The summed E-state index contributed by atoms with van der Waals surface area (Å²) in [4.78, 5) is 2.34. The number of hydrogen-bond donors (Lipinski definition) is 0. The minimum atomic E-state index is 0.0520. The van der Waals surface area contributed by atoms with E-state index in [-0.39, 0.29) is 12.1 Å². The van der Waals surface area contributed by atoms with Crippen molar-refractivity contribution in [3.63, 3.8) is 0 Å². The zero-order chi connectivity index (χ0) is 17.9. The first kappa shape index (κ1) is 16.9. The second-order valence-corrected chi connectivity index (χ2v) is 6.76. The van der Waals surface area contributed by atoms with Gasteiger partial charge in [0.05, 0.1) is 18.8 Å². The van der Waals surface area contributed by atoms with E-state index < -0.39 is 0 Å². The van der Waals surface area contributed by atoms with Gasteiger partial charge in [-0.3, -0.25) is 4.90 Å². The Labute approximate surface area is 153 Å². The molecule has 0 radical (unpaired) electrons. The summed E-state index contributed by atoms with van der Waals surface area (Å²) >= 11 is 0. The molecule has 5 heteroatoms. The van der Waals surface area contributed by atoms with Gasteiger partial charge in [-0.2, -0.15) is 0 Å². The summed E-state index contributed by atoms with van der Waals surface area (Å²) in [5, 5.41) is 8.54. The second kappa shape index (κ2) is 7.40. The molecule has 0 N–H and O–H groups in total. The van der Waals surface area contributed by atoms with Crippen LogP contribution in [0.4, 0.5) is 0 Å². The van der Waals surface area contributed by atoms with Crippen LogP contribution in [0.15, 0.2) is 59.0 Å². The summed E-state index contributed by atoms with van der Waals surface area (Å²) in [5.41, 5.74) is 3.34. The third-order valence-electron chi connectivity index (χ3n) is 4.88. The summed E-state index contributed by atoms with van der Waals surface area (Å²) in [7, 11) is 0. The minimum absolute atomic E-state index is 0.0520. The van der Waals surface area contributed by atoms with E-state index in [0.717, 1.165) is 18.7 Å². The van der Waals surface area contributed by atoms with Gasteiger partial charge >= 0.3 is 0 Å². The van der Waals surface area contributed by atoms with Crippen molar-refractivity contribution < 1.29 is 9.15 Å². The molecule has 2 heterocycles. The fraction of sp³-hybridized carbons (Fsp3) is 0.333. The third kappa shape index (κ3) is 3.54. The fourth-order valence-corrected chi connectivity index (χ4v) is 3.34. The second-order valence-electron chi connectivity index (χ2n) is 6.76. The highest BCUT2D eigenvalue weighted by molar-refractivity contribution is 5.53. The van der Waals surface area contributed by atoms with Gasteiger partial charge in [0.25, 0.3) is 0 Å². The molecule has 1 aliphatic heterocycles. The Balaban J connectivity index is 1.50. The highest BCUT2D eigenvalue weighted by Crippen LogP contribution is 2.29. The van der Waals surface area contributed by atoms with Gasteiger partial charge in [0, 0.05) is 18.7 Å². The van der Waals surface area contributed by atoms with E-state index >= 15 is 0 Å². The molecule has 0 aliphatic carbocycles. The van der Waals surface area contributed by atoms with Gasteiger partial charge in [-0.15, -0.1) is 10.2 Å².